The zero-order valence-corrected chi connectivity index (χ0v) is 28.2. The summed E-state index contributed by atoms with van der Waals surface area (Å²) in [7, 11) is 0. The summed E-state index contributed by atoms with van der Waals surface area (Å²) in [5.74, 6) is 1.12. The Bertz CT molecular complexity index is 1790. The molecule has 48 heavy (non-hydrogen) atoms. The number of fused-ring (bicyclic) bond motifs is 1. The molecule has 6 rings (SSSR count). The van der Waals surface area contributed by atoms with E-state index >= 15 is 0 Å². The maximum Gasteiger partial charge on any atom is 0.412 e. The first-order valence-electron chi connectivity index (χ1n) is 15.7. The first kappa shape index (κ1) is 34.8. The summed E-state index contributed by atoms with van der Waals surface area (Å²) in [6, 6.07) is 28.5. The molecule has 1 aromatic heterocycles. The van der Waals surface area contributed by atoms with Gasteiger partial charge in [-0.1, -0.05) is 65.7 Å². The Morgan fingerprint density at radius 2 is 1.50 bits per heavy atom. The molecule has 1 saturated heterocycles. The summed E-state index contributed by atoms with van der Waals surface area (Å²) in [6.45, 7) is 7.10. The van der Waals surface area contributed by atoms with Crippen molar-refractivity contribution in [3.63, 3.8) is 0 Å². The minimum Gasteiger partial charge on any atom is -0.410 e. The molecule has 0 saturated carbocycles. The topological polar surface area (TPSA) is 94.1 Å². The molecule has 0 atom stereocenters. The van der Waals surface area contributed by atoms with Crippen molar-refractivity contribution >= 4 is 46.2 Å². The molecule has 5 aromatic rings. The van der Waals surface area contributed by atoms with Crippen LogP contribution < -0.4 is 20.1 Å². The molecule has 9 nitrogen and oxygen atoms in total. The van der Waals surface area contributed by atoms with Crippen LogP contribution in [-0.4, -0.2) is 67.6 Å². The van der Waals surface area contributed by atoms with Gasteiger partial charge in [0, 0.05) is 56.2 Å². The van der Waals surface area contributed by atoms with Crippen LogP contribution in [0.1, 0.15) is 11.1 Å². The Labute approximate surface area is 290 Å². The van der Waals surface area contributed by atoms with Gasteiger partial charge in [0.2, 0.25) is 0 Å². The highest BCUT2D eigenvalue weighted by molar-refractivity contribution is 6.42. The zero-order chi connectivity index (χ0) is 33.7. The monoisotopic (exact) mass is 688 g/mol. The first-order chi connectivity index (χ1) is 23.4. The second kappa shape index (κ2) is 17.6. The molecule has 4 aromatic carbocycles. The smallest absolute Gasteiger partial charge is 0.410 e. The van der Waals surface area contributed by atoms with E-state index in [9.17, 15) is 9.59 Å². The largest absolute Gasteiger partial charge is 0.412 e. The zero-order valence-electron chi connectivity index (χ0n) is 26.7. The standard InChI is InChI=1S/C20H17Cl2NO2.C17H21N3O3/c1-13-6-8-15-4-2-3-5-16(15)19(13)25-20(24)23-11-10-14-7-9-17(21)18(22)12-14;21-17(18-7-10-19-11-13-22-14-12-19)23-16-5-3-15(4-6-16)20-8-1-2-9-20/h2-9,12H,10-11H2,1H3,(H,23,24);1-6,8-9H,7,10-14H2,(H,18,21). The quantitative estimate of drug-likeness (QED) is 0.165. The predicted octanol–water partition coefficient (Wildman–Crippen LogP) is 7.68. The van der Waals surface area contributed by atoms with Crippen LogP contribution in [0.2, 0.25) is 10.0 Å². The Morgan fingerprint density at radius 3 is 2.25 bits per heavy atom. The number of amides is 2. The summed E-state index contributed by atoms with van der Waals surface area (Å²) < 4.78 is 18.1. The molecule has 0 radical (unpaired) electrons. The predicted molar refractivity (Wildman–Crippen MR) is 190 cm³/mol. The van der Waals surface area contributed by atoms with E-state index in [0.717, 1.165) is 60.4 Å². The number of hydrogen-bond donors (Lipinski definition) is 2. The highest BCUT2D eigenvalue weighted by Crippen LogP contribution is 2.29. The Balaban J connectivity index is 0.000000188. The third kappa shape index (κ3) is 10.2. The van der Waals surface area contributed by atoms with E-state index in [-0.39, 0.29) is 0 Å². The highest BCUT2D eigenvalue weighted by Gasteiger charge is 2.12. The lowest BCUT2D eigenvalue weighted by Crippen LogP contribution is -2.41. The summed E-state index contributed by atoms with van der Waals surface area (Å²) >= 11 is 11.9. The lowest BCUT2D eigenvalue weighted by molar-refractivity contribution is 0.0385. The van der Waals surface area contributed by atoms with Crippen LogP contribution in [0.5, 0.6) is 11.5 Å². The van der Waals surface area contributed by atoms with Crippen molar-refractivity contribution in [2.24, 2.45) is 0 Å². The number of benzene rings is 4. The number of nitrogens with zero attached hydrogens (tertiary/aromatic N) is 2. The number of morpholine rings is 1. The van der Waals surface area contributed by atoms with Crippen LogP contribution in [0, 0.1) is 6.92 Å². The highest BCUT2D eigenvalue weighted by atomic mass is 35.5. The molecule has 0 aliphatic carbocycles. The maximum atomic E-state index is 12.1. The number of ether oxygens (including phenoxy) is 3. The van der Waals surface area contributed by atoms with Gasteiger partial charge < -0.3 is 29.4 Å². The van der Waals surface area contributed by atoms with E-state index in [1.165, 1.54) is 0 Å². The number of carbonyl (C=O) groups excluding carboxylic acids is 2. The molecule has 0 spiro atoms. The average molecular weight is 690 g/mol. The fourth-order valence-electron chi connectivity index (χ4n) is 5.10. The summed E-state index contributed by atoms with van der Waals surface area (Å²) in [5, 5.41) is 8.52. The Kier molecular flexibility index (Phi) is 12.7. The van der Waals surface area contributed by atoms with E-state index in [1.807, 2.05) is 90.6 Å². The van der Waals surface area contributed by atoms with Gasteiger partial charge in [-0.3, -0.25) is 4.90 Å². The molecule has 0 bridgehead atoms. The minimum absolute atomic E-state index is 0.424. The van der Waals surface area contributed by atoms with E-state index in [2.05, 4.69) is 15.5 Å². The van der Waals surface area contributed by atoms with Gasteiger partial charge in [0.05, 0.1) is 23.3 Å². The Morgan fingerprint density at radius 1 is 0.792 bits per heavy atom. The SMILES string of the molecule is Cc1ccc2ccccc2c1OC(=O)NCCc1ccc(Cl)c(Cl)c1.O=C(NCCN1CCOCC1)Oc1ccc(-n2cccc2)cc1. The van der Waals surface area contributed by atoms with Gasteiger partial charge in [-0.25, -0.2) is 9.59 Å². The van der Waals surface area contributed by atoms with Crippen molar-refractivity contribution in [3.8, 4) is 17.2 Å². The second-order valence-electron chi connectivity index (χ2n) is 11.1. The number of hydrogen-bond acceptors (Lipinski definition) is 6. The maximum absolute atomic E-state index is 12.1. The van der Waals surface area contributed by atoms with Crippen LogP contribution in [0.25, 0.3) is 16.5 Å². The molecule has 2 amide bonds. The van der Waals surface area contributed by atoms with Crippen LogP contribution >= 0.6 is 23.2 Å². The molecule has 250 valence electrons. The van der Waals surface area contributed by atoms with E-state index < -0.39 is 12.2 Å². The van der Waals surface area contributed by atoms with Crippen molar-refractivity contribution in [2.45, 2.75) is 13.3 Å². The van der Waals surface area contributed by atoms with Gasteiger partial charge in [-0.2, -0.15) is 0 Å². The molecule has 1 aliphatic rings. The number of carbonyl (C=O) groups is 2. The summed E-state index contributed by atoms with van der Waals surface area (Å²) in [5.41, 5.74) is 2.93. The molecule has 11 heteroatoms. The lowest BCUT2D eigenvalue weighted by Gasteiger charge is -2.26. The van der Waals surface area contributed by atoms with E-state index in [0.29, 0.717) is 41.1 Å². The number of aryl methyl sites for hydroxylation is 1. The van der Waals surface area contributed by atoms with Crippen molar-refractivity contribution in [2.75, 3.05) is 45.9 Å². The number of aromatic nitrogens is 1. The van der Waals surface area contributed by atoms with Gasteiger partial charge in [0.15, 0.2) is 0 Å². The number of nitrogens with one attached hydrogen (secondary N) is 2. The molecular formula is C37H38Cl2N4O5. The van der Waals surface area contributed by atoms with Crippen LogP contribution in [-0.2, 0) is 11.2 Å². The van der Waals surface area contributed by atoms with Crippen LogP contribution in [0.15, 0.2) is 103 Å². The minimum atomic E-state index is -0.473. The van der Waals surface area contributed by atoms with Crippen LogP contribution in [0.3, 0.4) is 0 Å². The molecule has 1 fully saturated rings. The molecule has 1 aliphatic heterocycles. The molecule has 2 N–H and O–H groups in total. The van der Waals surface area contributed by atoms with Crippen molar-refractivity contribution in [1.29, 1.82) is 0 Å². The van der Waals surface area contributed by atoms with Crippen molar-refractivity contribution in [1.82, 2.24) is 20.1 Å². The van der Waals surface area contributed by atoms with Gasteiger partial charge in [0.25, 0.3) is 0 Å². The Hall–Kier alpha value is -4.54. The van der Waals surface area contributed by atoms with Gasteiger partial charge in [-0.05, 0) is 78.4 Å². The van der Waals surface area contributed by atoms with Crippen molar-refractivity contribution in [3.05, 3.63) is 125 Å². The van der Waals surface area contributed by atoms with Gasteiger partial charge in [-0.15, -0.1) is 0 Å². The van der Waals surface area contributed by atoms with Gasteiger partial charge in [0.1, 0.15) is 11.5 Å². The third-order valence-corrected chi connectivity index (χ3v) is 8.43. The molecule has 2 heterocycles. The number of halogens is 2. The van der Waals surface area contributed by atoms with Crippen molar-refractivity contribution < 1.29 is 23.8 Å². The second-order valence-corrected chi connectivity index (χ2v) is 11.9. The first-order valence-corrected chi connectivity index (χ1v) is 16.5. The van der Waals surface area contributed by atoms with Crippen LogP contribution in [0.4, 0.5) is 9.59 Å². The molecular weight excluding hydrogens is 651 g/mol. The fraction of sp³-hybridized carbons (Fsp3) is 0.243. The lowest BCUT2D eigenvalue weighted by atomic mass is 10.1. The average Bonchev–Trinajstić information content (AvgIpc) is 3.64. The summed E-state index contributed by atoms with van der Waals surface area (Å²) in [6.07, 6.45) is 3.68. The summed E-state index contributed by atoms with van der Waals surface area (Å²) in [4.78, 5) is 26.2. The number of rotatable bonds is 9. The molecule has 0 unspecified atom stereocenters. The van der Waals surface area contributed by atoms with E-state index in [4.69, 9.17) is 37.4 Å². The van der Waals surface area contributed by atoms with Gasteiger partial charge >= 0.3 is 12.2 Å². The van der Waals surface area contributed by atoms with E-state index in [1.54, 1.807) is 24.3 Å². The third-order valence-electron chi connectivity index (χ3n) is 7.69. The normalized spacial score (nSPS) is 12.9. The fourth-order valence-corrected chi connectivity index (χ4v) is 5.42.